The molecule has 0 unspecified atom stereocenters. The lowest BCUT2D eigenvalue weighted by Crippen LogP contribution is -1.88. The summed E-state index contributed by atoms with van der Waals surface area (Å²) in [7, 11) is 0. The van der Waals surface area contributed by atoms with Crippen molar-refractivity contribution >= 4 is 39.3 Å². The maximum Gasteiger partial charge on any atom is 0.0624 e. The highest BCUT2D eigenvalue weighted by Gasteiger charge is 2.09. The van der Waals surface area contributed by atoms with Crippen molar-refractivity contribution in [1.29, 1.82) is 0 Å². The van der Waals surface area contributed by atoms with Crippen LogP contribution in [-0.4, -0.2) is 11.2 Å². The van der Waals surface area contributed by atoms with Crippen molar-refractivity contribution in [1.82, 2.24) is 4.98 Å². The summed E-state index contributed by atoms with van der Waals surface area (Å²) in [5.74, 6) is 0. The van der Waals surface area contributed by atoms with Gasteiger partial charge in [-0.1, -0.05) is 60.2 Å². The van der Waals surface area contributed by atoms with Crippen molar-refractivity contribution in [3.8, 4) is 0 Å². The summed E-state index contributed by atoms with van der Waals surface area (Å²) in [6.45, 7) is 2.08. The third kappa shape index (κ3) is 3.20. The molecular formula is C20H20N2S. The van der Waals surface area contributed by atoms with Crippen molar-refractivity contribution in [2.24, 2.45) is 0 Å². The van der Waals surface area contributed by atoms with Crippen molar-refractivity contribution in [3.05, 3.63) is 72.3 Å². The van der Waals surface area contributed by atoms with Gasteiger partial charge in [0.05, 0.1) is 10.4 Å². The van der Waals surface area contributed by atoms with Crippen LogP contribution in [-0.2, 0) is 0 Å². The van der Waals surface area contributed by atoms with Crippen LogP contribution >= 0.6 is 11.8 Å². The summed E-state index contributed by atoms with van der Waals surface area (Å²) in [5.41, 5.74) is 10.5. The largest absolute Gasteiger partial charge is 0.398 e. The van der Waals surface area contributed by atoms with Crippen LogP contribution in [0.4, 0.5) is 5.69 Å². The number of nitrogens with one attached hydrogen (secondary N) is 1. The number of aromatic nitrogens is 1. The van der Waals surface area contributed by atoms with Crippen LogP contribution < -0.4 is 5.73 Å². The SMILES string of the molecule is CSc1c(N)ccc2c1[nH]c1ccccc12.Cc1ccccc1. The second-order valence-corrected chi connectivity index (χ2v) is 6.25. The highest BCUT2D eigenvalue weighted by Crippen LogP contribution is 2.35. The van der Waals surface area contributed by atoms with Crippen LogP contribution in [0.3, 0.4) is 0 Å². The van der Waals surface area contributed by atoms with Gasteiger partial charge in [-0.05, 0) is 25.3 Å². The van der Waals surface area contributed by atoms with E-state index in [2.05, 4.69) is 54.6 Å². The van der Waals surface area contributed by atoms with Crippen LogP contribution in [0.1, 0.15) is 5.56 Å². The van der Waals surface area contributed by atoms with E-state index in [0.29, 0.717) is 0 Å². The van der Waals surface area contributed by atoms with Gasteiger partial charge in [0.15, 0.2) is 0 Å². The zero-order valence-corrected chi connectivity index (χ0v) is 14.2. The van der Waals surface area contributed by atoms with E-state index >= 15 is 0 Å². The lowest BCUT2D eigenvalue weighted by molar-refractivity contribution is 1.45. The molecular weight excluding hydrogens is 300 g/mol. The fourth-order valence-electron chi connectivity index (χ4n) is 2.66. The predicted molar refractivity (Wildman–Crippen MR) is 103 cm³/mol. The lowest BCUT2D eigenvalue weighted by atomic mass is 10.1. The number of rotatable bonds is 1. The Morgan fingerprint density at radius 2 is 1.52 bits per heavy atom. The van der Waals surface area contributed by atoms with E-state index in [1.165, 1.54) is 21.9 Å². The van der Waals surface area contributed by atoms with Crippen molar-refractivity contribution in [2.45, 2.75) is 11.8 Å². The van der Waals surface area contributed by atoms with Gasteiger partial charge in [-0.15, -0.1) is 11.8 Å². The monoisotopic (exact) mass is 320 g/mol. The number of aryl methyl sites for hydroxylation is 1. The first-order valence-corrected chi connectivity index (χ1v) is 8.77. The highest BCUT2D eigenvalue weighted by molar-refractivity contribution is 7.99. The van der Waals surface area contributed by atoms with Gasteiger partial charge in [0.25, 0.3) is 0 Å². The van der Waals surface area contributed by atoms with Gasteiger partial charge in [-0.2, -0.15) is 0 Å². The second kappa shape index (κ2) is 6.80. The Morgan fingerprint density at radius 3 is 2.17 bits per heavy atom. The van der Waals surface area contributed by atoms with Crippen LogP contribution in [0, 0.1) is 6.92 Å². The number of thioether (sulfide) groups is 1. The Morgan fingerprint density at radius 1 is 0.826 bits per heavy atom. The molecule has 3 heteroatoms. The molecule has 0 spiro atoms. The van der Waals surface area contributed by atoms with Gasteiger partial charge in [0, 0.05) is 22.0 Å². The molecule has 116 valence electrons. The molecule has 2 nitrogen and oxygen atoms in total. The van der Waals surface area contributed by atoms with E-state index in [1.54, 1.807) is 11.8 Å². The van der Waals surface area contributed by atoms with Crippen molar-refractivity contribution in [3.63, 3.8) is 0 Å². The molecule has 0 amide bonds. The molecule has 0 fully saturated rings. The van der Waals surface area contributed by atoms with Gasteiger partial charge in [-0.25, -0.2) is 0 Å². The molecule has 0 atom stereocenters. The molecule has 0 saturated heterocycles. The van der Waals surface area contributed by atoms with Gasteiger partial charge in [0.2, 0.25) is 0 Å². The van der Waals surface area contributed by atoms with Crippen LogP contribution in [0.25, 0.3) is 21.8 Å². The molecule has 3 aromatic carbocycles. The van der Waals surface area contributed by atoms with E-state index in [9.17, 15) is 0 Å². The molecule has 4 rings (SSSR count). The molecule has 3 N–H and O–H groups in total. The Labute approximate surface area is 140 Å². The molecule has 0 aliphatic rings. The molecule has 0 aliphatic carbocycles. The third-order valence-electron chi connectivity index (χ3n) is 3.81. The minimum atomic E-state index is 0.839. The Hall–Kier alpha value is -2.39. The minimum absolute atomic E-state index is 0.839. The second-order valence-electron chi connectivity index (χ2n) is 5.44. The van der Waals surface area contributed by atoms with Gasteiger partial charge >= 0.3 is 0 Å². The number of aromatic amines is 1. The van der Waals surface area contributed by atoms with E-state index in [4.69, 9.17) is 5.73 Å². The van der Waals surface area contributed by atoms with Gasteiger partial charge < -0.3 is 10.7 Å². The maximum absolute atomic E-state index is 5.98. The Balaban J connectivity index is 0.000000188. The number of fused-ring (bicyclic) bond motifs is 3. The summed E-state index contributed by atoms with van der Waals surface area (Å²) in [6.07, 6.45) is 2.05. The number of hydrogen-bond donors (Lipinski definition) is 2. The molecule has 0 bridgehead atoms. The number of hydrogen-bond acceptors (Lipinski definition) is 2. The Bertz CT molecular complexity index is 926. The normalized spacial score (nSPS) is 10.5. The van der Waals surface area contributed by atoms with Gasteiger partial charge in [0.1, 0.15) is 0 Å². The quantitative estimate of drug-likeness (QED) is 0.353. The van der Waals surface area contributed by atoms with Crippen molar-refractivity contribution in [2.75, 3.05) is 12.0 Å². The molecule has 1 heterocycles. The fourth-order valence-corrected chi connectivity index (χ4v) is 3.33. The van der Waals surface area contributed by atoms with Crippen molar-refractivity contribution < 1.29 is 0 Å². The molecule has 1 aromatic heterocycles. The molecule has 0 saturated carbocycles. The molecule has 0 radical (unpaired) electrons. The first kappa shape index (κ1) is 15.5. The van der Waals surface area contributed by atoms with Crippen LogP contribution in [0.5, 0.6) is 0 Å². The number of anilines is 1. The first-order chi connectivity index (χ1) is 11.2. The topological polar surface area (TPSA) is 41.8 Å². The van der Waals surface area contributed by atoms with E-state index < -0.39 is 0 Å². The summed E-state index contributed by atoms with van der Waals surface area (Å²) in [4.78, 5) is 4.57. The zero-order chi connectivity index (χ0) is 16.2. The fraction of sp³-hybridized carbons (Fsp3) is 0.100. The van der Waals surface area contributed by atoms with E-state index in [-0.39, 0.29) is 0 Å². The summed E-state index contributed by atoms with van der Waals surface area (Å²) in [6, 6.07) is 22.7. The molecule has 4 aromatic rings. The average Bonchev–Trinajstić information content (AvgIpc) is 2.94. The van der Waals surface area contributed by atoms with Gasteiger partial charge in [-0.3, -0.25) is 0 Å². The zero-order valence-electron chi connectivity index (χ0n) is 13.3. The summed E-state index contributed by atoms with van der Waals surface area (Å²) >= 11 is 1.68. The maximum atomic E-state index is 5.98. The molecule has 0 aliphatic heterocycles. The van der Waals surface area contributed by atoms with Crippen LogP contribution in [0.15, 0.2) is 71.6 Å². The standard InChI is InChI=1S/C13H12N2S.C7H8/c1-16-13-10(14)7-6-9-8-4-2-3-5-11(8)15-12(9)13;1-7-5-3-2-4-6-7/h2-7,15H,14H2,1H3;2-6H,1H3. The molecule has 23 heavy (non-hydrogen) atoms. The summed E-state index contributed by atoms with van der Waals surface area (Å²) < 4.78 is 0. The Kier molecular flexibility index (Phi) is 4.58. The van der Waals surface area contributed by atoms with Crippen LogP contribution in [0.2, 0.25) is 0 Å². The highest BCUT2D eigenvalue weighted by atomic mass is 32.2. The van der Waals surface area contributed by atoms with E-state index in [1.807, 2.05) is 30.3 Å². The smallest absolute Gasteiger partial charge is 0.0624 e. The van der Waals surface area contributed by atoms with E-state index in [0.717, 1.165) is 16.1 Å². The number of nitrogens with two attached hydrogens (primary N) is 1. The average molecular weight is 320 g/mol. The number of benzene rings is 3. The predicted octanol–water partition coefficient (Wildman–Crippen LogP) is 5.62. The lowest BCUT2D eigenvalue weighted by Gasteiger charge is -2.03. The number of para-hydroxylation sites is 1. The number of nitrogen functional groups attached to an aromatic ring is 1. The third-order valence-corrected chi connectivity index (χ3v) is 4.66. The minimum Gasteiger partial charge on any atom is -0.398 e. The first-order valence-electron chi connectivity index (χ1n) is 7.55. The number of H-pyrrole nitrogens is 1. The summed E-state index contributed by atoms with van der Waals surface area (Å²) in [5, 5.41) is 2.50.